The van der Waals surface area contributed by atoms with Crippen molar-refractivity contribution in [2.24, 2.45) is 4.99 Å². The van der Waals surface area contributed by atoms with Gasteiger partial charge in [0.1, 0.15) is 0 Å². The van der Waals surface area contributed by atoms with Crippen LogP contribution < -0.4 is 5.32 Å². The first-order chi connectivity index (χ1) is 8.22. The summed E-state index contributed by atoms with van der Waals surface area (Å²) in [6.45, 7) is 3.02. The lowest BCUT2D eigenvalue weighted by Gasteiger charge is -2.08. The summed E-state index contributed by atoms with van der Waals surface area (Å²) in [6, 6.07) is 7.26. The van der Waals surface area contributed by atoms with Gasteiger partial charge in [-0.1, -0.05) is 30.3 Å². The minimum absolute atomic E-state index is 0.548. The van der Waals surface area contributed by atoms with Gasteiger partial charge in [0.15, 0.2) is 5.17 Å². The molecular formula is C12H12ClN3S. The van der Waals surface area contributed by atoms with E-state index < -0.39 is 0 Å². The highest BCUT2D eigenvalue weighted by Gasteiger charge is 2.18. The van der Waals surface area contributed by atoms with Crippen LogP contribution >= 0.6 is 23.4 Å². The van der Waals surface area contributed by atoms with Crippen molar-refractivity contribution in [3.05, 3.63) is 28.8 Å². The lowest BCUT2D eigenvalue weighted by atomic mass is 10.2. The molecule has 0 spiro atoms. The van der Waals surface area contributed by atoms with Crippen molar-refractivity contribution in [1.82, 2.24) is 0 Å². The van der Waals surface area contributed by atoms with Crippen LogP contribution in [0.2, 0.25) is 5.02 Å². The SMILES string of the molecule is CCC1CN=C(Nc2ccc(C#N)cc2Cl)S1. The lowest BCUT2D eigenvalue weighted by Crippen LogP contribution is -2.07. The Kier molecular flexibility index (Phi) is 3.93. The van der Waals surface area contributed by atoms with Crippen molar-refractivity contribution < 1.29 is 0 Å². The molecule has 1 unspecified atom stereocenters. The minimum atomic E-state index is 0.548. The predicted octanol–water partition coefficient (Wildman–Crippen LogP) is 3.50. The highest BCUT2D eigenvalue weighted by atomic mass is 35.5. The van der Waals surface area contributed by atoms with Crippen molar-refractivity contribution >= 4 is 34.2 Å². The van der Waals surface area contributed by atoms with E-state index in [2.05, 4.69) is 23.3 Å². The van der Waals surface area contributed by atoms with E-state index in [0.717, 1.165) is 23.8 Å². The van der Waals surface area contributed by atoms with Crippen LogP contribution in [0, 0.1) is 11.3 Å². The number of anilines is 1. The largest absolute Gasteiger partial charge is 0.334 e. The predicted molar refractivity (Wildman–Crippen MR) is 73.8 cm³/mol. The topological polar surface area (TPSA) is 48.2 Å². The molecule has 1 aromatic carbocycles. The van der Waals surface area contributed by atoms with Crippen molar-refractivity contribution in [3.63, 3.8) is 0 Å². The zero-order valence-electron chi connectivity index (χ0n) is 9.40. The summed E-state index contributed by atoms with van der Waals surface area (Å²) < 4.78 is 0. The maximum absolute atomic E-state index is 8.75. The van der Waals surface area contributed by atoms with E-state index in [1.165, 1.54) is 0 Å². The number of hydrogen-bond donors (Lipinski definition) is 1. The van der Waals surface area contributed by atoms with Gasteiger partial charge >= 0.3 is 0 Å². The zero-order chi connectivity index (χ0) is 12.3. The molecule has 5 heteroatoms. The van der Waals surface area contributed by atoms with Crippen molar-refractivity contribution in [2.45, 2.75) is 18.6 Å². The van der Waals surface area contributed by atoms with Gasteiger partial charge in [0.2, 0.25) is 0 Å². The summed E-state index contributed by atoms with van der Waals surface area (Å²) in [4.78, 5) is 4.41. The summed E-state index contributed by atoms with van der Waals surface area (Å²) >= 11 is 7.82. The molecule has 1 heterocycles. The van der Waals surface area contributed by atoms with Gasteiger partial charge in [-0.2, -0.15) is 5.26 Å². The standard InChI is InChI=1S/C12H12ClN3S/c1-2-9-7-15-12(17-9)16-11-4-3-8(6-14)5-10(11)13/h3-5,9H,2,7H2,1H3,(H,15,16). The third-order valence-electron chi connectivity index (χ3n) is 2.51. The number of hydrogen-bond acceptors (Lipinski definition) is 4. The van der Waals surface area contributed by atoms with Gasteiger partial charge in [-0.05, 0) is 24.6 Å². The molecular weight excluding hydrogens is 254 g/mol. The van der Waals surface area contributed by atoms with Crippen LogP contribution in [-0.4, -0.2) is 17.0 Å². The molecule has 0 amide bonds. The van der Waals surface area contributed by atoms with Crippen LogP contribution in [0.3, 0.4) is 0 Å². The van der Waals surface area contributed by atoms with Gasteiger partial charge in [0.25, 0.3) is 0 Å². The number of benzene rings is 1. The smallest absolute Gasteiger partial charge is 0.161 e. The average Bonchev–Trinajstić information content (AvgIpc) is 2.79. The molecule has 2 rings (SSSR count). The Morgan fingerprint density at radius 2 is 2.47 bits per heavy atom. The Morgan fingerprint density at radius 3 is 3.06 bits per heavy atom. The van der Waals surface area contributed by atoms with Gasteiger partial charge in [0, 0.05) is 5.25 Å². The van der Waals surface area contributed by atoms with E-state index in [1.54, 1.807) is 23.9 Å². The quantitative estimate of drug-likeness (QED) is 0.890. The van der Waals surface area contributed by atoms with Gasteiger partial charge in [0.05, 0.1) is 28.9 Å². The second kappa shape index (κ2) is 5.44. The van der Waals surface area contributed by atoms with Gasteiger partial charge in [-0.15, -0.1) is 0 Å². The summed E-state index contributed by atoms with van der Waals surface area (Å²) in [5.41, 5.74) is 1.36. The maximum atomic E-state index is 8.75. The number of nitrogens with one attached hydrogen (secondary N) is 1. The van der Waals surface area contributed by atoms with Crippen molar-refractivity contribution in [3.8, 4) is 6.07 Å². The molecule has 88 valence electrons. The second-order valence-corrected chi connectivity index (χ2v) is 5.42. The molecule has 0 aliphatic carbocycles. The number of nitrogens with zero attached hydrogens (tertiary/aromatic N) is 2. The zero-order valence-corrected chi connectivity index (χ0v) is 11.0. The van der Waals surface area contributed by atoms with E-state index in [1.807, 2.05) is 6.07 Å². The number of amidine groups is 1. The third-order valence-corrected chi connectivity index (χ3v) is 4.09. The van der Waals surface area contributed by atoms with E-state index in [4.69, 9.17) is 16.9 Å². The Bertz CT molecular complexity index is 493. The van der Waals surface area contributed by atoms with Gasteiger partial charge in [-0.3, -0.25) is 4.99 Å². The van der Waals surface area contributed by atoms with Crippen LogP contribution in [0.15, 0.2) is 23.2 Å². The molecule has 1 aliphatic rings. The number of nitriles is 1. The second-order valence-electron chi connectivity index (χ2n) is 3.73. The van der Waals surface area contributed by atoms with Gasteiger partial charge < -0.3 is 5.32 Å². The van der Waals surface area contributed by atoms with Crippen molar-refractivity contribution in [2.75, 3.05) is 11.9 Å². The number of rotatable bonds is 2. The molecule has 17 heavy (non-hydrogen) atoms. The minimum Gasteiger partial charge on any atom is -0.334 e. The van der Waals surface area contributed by atoms with Crippen LogP contribution in [0.4, 0.5) is 5.69 Å². The summed E-state index contributed by atoms with van der Waals surface area (Å²) in [6.07, 6.45) is 1.11. The summed E-state index contributed by atoms with van der Waals surface area (Å²) in [5.74, 6) is 0. The summed E-state index contributed by atoms with van der Waals surface area (Å²) in [7, 11) is 0. The molecule has 1 N–H and O–H groups in total. The highest BCUT2D eigenvalue weighted by Crippen LogP contribution is 2.28. The Balaban J connectivity index is 2.08. The summed E-state index contributed by atoms with van der Waals surface area (Å²) in [5, 5.41) is 14.0. The molecule has 1 atom stereocenters. The molecule has 3 nitrogen and oxygen atoms in total. The van der Waals surface area contributed by atoms with E-state index in [0.29, 0.717) is 15.8 Å². The van der Waals surface area contributed by atoms with Gasteiger partial charge in [-0.25, -0.2) is 0 Å². The molecule has 0 saturated heterocycles. The van der Waals surface area contributed by atoms with Crippen LogP contribution in [0.25, 0.3) is 0 Å². The van der Waals surface area contributed by atoms with E-state index >= 15 is 0 Å². The van der Waals surface area contributed by atoms with Crippen LogP contribution in [0.5, 0.6) is 0 Å². The monoisotopic (exact) mass is 265 g/mol. The first kappa shape index (κ1) is 12.3. The van der Waals surface area contributed by atoms with Crippen LogP contribution in [-0.2, 0) is 0 Å². The molecule has 0 bridgehead atoms. The normalized spacial score (nSPS) is 18.6. The first-order valence-corrected chi connectivity index (χ1v) is 6.66. The fraction of sp³-hybridized carbons (Fsp3) is 0.333. The fourth-order valence-corrected chi connectivity index (χ4v) is 2.68. The van der Waals surface area contributed by atoms with Crippen molar-refractivity contribution in [1.29, 1.82) is 5.26 Å². The number of thioether (sulfide) groups is 1. The number of aliphatic imine (C=N–C) groups is 1. The first-order valence-electron chi connectivity index (χ1n) is 5.40. The Morgan fingerprint density at radius 1 is 1.65 bits per heavy atom. The maximum Gasteiger partial charge on any atom is 0.161 e. The Hall–Kier alpha value is -1.18. The average molecular weight is 266 g/mol. The fourth-order valence-electron chi connectivity index (χ4n) is 1.50. The highest BCUT2D eigenvalue weighted by molar-refractivity contribution is 8.15. The molecule has 1 aromatic rings. The molecule has 1 aliphatic heterocycles. The molecule has 0 aromatic heterocycles. The Labute approximate surface area is 110 Å². The third kappa shape index (κ3) is 2.93. The van der Waals surface area contributed by atoms with E-state index in [9.17, 15) is 0 Å². The van der Waals surface area contributed by atoms with E-state index in [-0.39, 0.29) is 0 Å². The number of halogens is 1. The lowest BCUT2D eigenvalue weighted by molar-refractivity contribution is 0.843. The van der Waals surface area contributed by atoms with Crippen LogP contribution in [0.1, 0.15) is 18.9 Å². The molecule has 0 fully saturated rings. The molecule has 0 radical (unpaired) electrons. The molecule has 0 saturated carbocycles.